The standard InChI is InChI=1S/C23H26ClN5O/c1-16(2)22-18(15-26-29(22)21-8-4-5-11-25-21)23(30)27-17-9-10-20(19(24)14-17)28-12-6-3-7-13-28/h4-5,8-11,14-16H,3,6-7,12-13H2,1-2H3,(H,27,30). The Morgan fingerprint density at radius 3 is 2.60 bits per heavy atom. The molecule has 3 heterocycles. The SMILES string of the molecule is CC(C)c1c(C(=O)Nc2ccc(N3CCCCC3)c(Cl)c2)cnn1-c1ccccn1. The van der Waals surface area contributed by atoms with Gasteiger partial charge in [-0.3, -0.25) is 4.79 Å². The first-order valence-electron chi connectivity index (χ1n) is 10.4. The molecule has 1 N–H and O–H groups in total. The van der Waals surface area contributed by atoms with E-state index in [-0.39, 0.29) is 11.8 Å². The maximum atomic E-state index is 13.0. The molecule has 1 saturated heterocycles. The van der Waals surface area contributed by atoms with Crippen molar-refractivity contribution in [1.29, 1.82) is 0 Å². The zero-order chi connectivity index (χ0) is 21.1. The second-order valence-corrected chi connectivity index (χ2v) is 8.27. The summed E-state index contributed by atoms with van der Waals surface area (Å²) in [5.74, 6) is 0.581. The van der Waals surface area contributed by atoms with E-state index in [2.05, 4.69) is 20.3 Å². The summed E-state index contributed by atoms with van der Waals surface area (Å²) in [4.78, 5) is 19.7. The maximum Gasteiger partial charge on any atom is 0.259 e. The number of hydrogen-bond acceptors (Lipinski definition) is 4. The largest absolute Gasteiger partial charge is 0.370 e. The highest BCUT2D eigenvalue weighted by molar-refractivity contribution is 6.33. The molecule has 3 aromatic rings. The molecule has 1 aromatic carbocycles. The second kappa shape index (κ2) is 8.88. The summed E-state index contributed by atoms with van der Waals surface area (Å²) in [6.45, 7) is 6.13. The van der Waals surface area contributed by atoms with Crippen LogP contribution in [0.15, 0.2) is 48.8 Å². The summed E-state index contributed by atoms with van der Waals surface area (Å²) in [5, 5.41) is 8.05. The molecule has 0 unspecified atom stereocenters. The Kier molecular flexibility index (Phi) is 6.04. The average molecular weight is 424 g/mol. The van der Waals surface area contributed by atoms with Crippen LogP contribution in [-0.2, 0) is 0 Å². The van der Waals surface area contributed by atoms with Gasteiger partial charge in [0.2, 0.25) is 0 Å². The summed E-state index contributed by atoms with van der Waals surface area (Å²) in [6.07, 6.45) is 6.96. The van der Waals surface area contributed by atoms with Crippen molar-refractivity contribution < 1.29 is 4.79 Å². The van der Waals surface area contributed by atoms with Crippen LogP contribution in [0.25, 0.3) is 5.82 Å². The van der Waals surface area contributed by atoms with Crippen LogP contribution in [0.2, 0.25) is 5.02 Å². The van der Waals surface area contributed by atoms with Gasteiger partial charge in [0.1, 0.15) is 0 Å². The number of halogens is 1. The van der Waals surface area contributed by atoms with E-state index in [0.29, 0.717) is 22.1 Å². The van der Waals surface area contributed by atoms with E-state index < -0.39 is 0 Å². The molecule has 1 aliphatic heterocycles. The maximum absolute atomic E-state index is 13.0. The van der Waals surface area contributed by atoms with Crippen LogP contribution in [-0.4, -0.2) is 33.8 Å². The van der Waals surface area contributed by atoms with Crippen LogP contribution >= 0.6 is 11.6 Å². The highest BCUT2D eigenvalue weighted by atomic mass is 35.5. The van der Waals surface area contributed by atoms with E-state index in [4.69, 9.17) is 11.6 Å². The van der Waals surface area contributed by atoms with Crippen molar-refractivity contribution >= 4 is 28.9 Å². The van der Waals surface area contributed by atoms with Crippen molar-refractivity contribution in [2.24, 2.45) is 0 Å². The first kappa shape index (κ1) is 20.4. The molecular weight excluding hydrogens is 398 g/mol. The molecule has 0 saturated carbocycles. The lowest BCUT2D eigenvalue weighted by molar-refractivity contribution is 0.102. The monoisotopic (exact) mass is 423 g/mol. The summed E-state index contributed by atoms with van der Waals surface area (Å²) in [6, 6.07) is 11.4. The topological polar surface area (TPSA) is 63.1 Å². The van der Waals surface area contributed by atoms with Gasteiger partial charge in [0.15, 0.2) is 5.82 Å². The summed E-state index contributed by atoms with van der Waals surface area (Å²) < 4.78 is 1.73. The van der Waals surface area contributed by atoms with Crippen molar-refractivity contribution in [3.05, 3.63) is 65.1 Å². The number of hydrogen-bond donors (Lipinski definition) is 1. The molecule has 1 amide bonds. The number of piperidine rings is 1. The first-order valence-corrected chi connectivity index (χ1v) is 10.8. The fraction of sp³-hybridized carbons (Fsp3) is 0.348. The number of aromatic nitrogens is 3. The van der Waals surface area contributed by atoms with Gasteiger partial charge in [0, 0.05) is 25.0 Å². The highest BCUT2D eigenvalue weighted by Crippen LogP contribution is 2.31. The molecule has 30 heavy (non-hydrogen) atoms. The normalized spacial score (nSPS) is 14.2. The molecule has 1 fully saturated rings. The number of nitrogens with zero attached hydrogens (tertiary/aromatic N) is 4. The van der Waals surface area contributed by atoms with E-state index >= 15 is 0 Å². The number of rotatable bonds is 5. The lowest BCUT2D eigenvalue weighted by atomic mass is 10.1. The van der Waals surface area contributed by atoms with E-state index in [1.165, 1.54) is 19.3 Å². The van der Waals surface area contributed by atoms with Crippen LogP contribution in [0.5, 0.6) is 0 Å². The Bertz CT molecular complexity index is 1030. The van der Waals surface area contributed by atoms with Gasteiger partial charge in [-0.1, -0.05) is 31.5 Å². The van der Waals surface area contributed by atoms with Gasteiger partial charge in [-0.05, 0) is 55.5 Å². The Morgan fingerprint density at radius 1 is 1.13 bits per heavy atom. The van der Waals surface area contributed by atoms with Gasteiger partial charge in [-0.15, -0.1) is 0 Å². The Labute approximate surface area is 181 Å². The Balaban J connectivity index is 1.57. The third-order valence-corrected chi connectivity index (χ3v) is 5.67. The zero-order valence-electron chi connectivity index (χ0n) is 17.3. The first-order chi connectivity index (χ1) is 14.5. The highest BCUT2D eigenvalue weighted by Gasteiger charge is 2.22. The van der Waals surface area contributed by atoms with Crippen molar-refractivity contribution in [3.63, 3.8) is 0 Å². The zero-order valence-corrected chi connectivity index (χ0v) is 18.1. The van der Waals surface area contributed by atoms with Gasteiger partial charge in [0.05, 0.1) is 28.2 Å². The minimum Gasteiger partial charge on any atom is -0.370 e. The minimum atomic E-state index is -0.206. The van der Waals surface area contributed by atoms with Gasteiger partial charge >= 0.3 is 0 Å². The number of carbonyl (C=O) groups is 1. The molecule has 7 heteroatoms. The van der Waals surface area contributed by atoms with E-state index in [1.54, 1.807) is 17.1 Å². The summed E-state index contributed by atoms with van der Waals surface area (Å²) in [5.41, 5.74) is 3.06. The fourth-order valence-corrected chi connectivity index (χ4v) is 4.22. The van der Waals surface area contributed by atoms with Crippen LogP contribution in [0.4, 0.5) is 11.4 Å². The van der Waals surface area contributed by atoms with Crippen LogP contribution < -0.4 is 10.2 Å². The van der Waals surface area contributed by atoms with Crippen molar-refractivity contribution in [1.82, 2.24) is 14.8 Å². The third kappa shape index (κ3) is 4.19. The van der Waals surface area contributed by atoms with Gasteiger partial charge in [0.25, 0.3) is 5.91 Å². The Morgan fingerprint density at radius 2 is 1.93 bits per heavy atom. The molecule has 0 aliphatic carbocycles. The number of carbonyl (C=O) groups excluding carboxylic acids is 1. The number of benzene rings is 1. The minimum absolute atomic E-state index is 0.0975. The molecule has 0 spiro atoms. The van der Waals surface area contributed by atoms with Crippen LogP contribution in [0, 0.1) is 0 Å². The van der Waals surface area contributed by atoms with Crippen molar-refractivity contribution in [2.45, 2.75) is 39.0 Å². The summed E-state index contributed by atoms with van der Waals surface area (Å²) in [7, 11) is 0. The van der Waals surface area contributed by atoms with E-state index in [1.807, 2.05) is 50.2 Å². The number of nitrogens with one attached hydrogen (secondary N) is 1. The van der Waals surface area contributed by atoms with Gasteiger partial charge in [-0.2, -0.15) is 5.10 Å². The molecule has 0 bridgehead atoms. The molecule has 2 aromatic heterocycles. The molecule has 156 valence electrons. The molecular formula is C23H26ClN5O. The van der Waals surface area contributed by atoms with Crippen LogP contribution in [0.3, 0.4) is 0 Å². The predicted molar refractivity (Wildman–Crippen MR) is 121 cm³/mol. The summed E-state index contributed by atoms with van der Waals surface area (Å²) >= 11 is 6.54. The average Bonchev–Trinajstić information content (AvgIpc) is 3.21. The fourth-order valence-electron chi connectivity index (χ4n) is 3.92. The molecule has 1 aliphatic rings. The lowest BCUT2D eigenvalue weighted by Crippen LogP contribution is -2.29. The molecule has 4 rings (SSSR count). The Hall–Kier alpha value is -2.86. The van der Waals surface area contributed by atoms with E-state index in [0.717, 1.165) is 24.5 Å². The molecule has 6 nitrogen and oxygen atoms in total. The number of anilines is 2. The molecule has 0 atom stereocenters. The van der Waals surface area contributed by atoms with Crippen molar-refractivity contribution in [2.75, 3.05) is 23.3 Å². The number of amides is 1. The van der Waals surface area contributed by atoms with Gasteiger partial charge in [-0.25, -0.2) is 9.67 Å². The van der Waals surface area contributed by atoms with Crippen LogP contribution in [0.1, 0.15) is 55.1 Å². The van der Waals surface area contributed by atoms with Crippen molar-refractivity contribution in [3.8, 4) is 5.82 Å². The molecule has 0 radical (unpaired) electrons. The quantitative estimate of drug-likeness (QED) is 0.605. The number of pyridine rings is 1. The van der Waals surface area contributed by atoms with E-state index in [9.17, 15) is 4.79 Å². The second-order valence-electron chi connectivity index (χ2n) is 7.87. The third-order valence-electron chi connectivity index (χ3n) is 5.37. The van der Waals surface area contributed by atoms with Gasteiger partial charge < -0.3 is 10.2 Å². The smallest absolute Gasteiger partial charge is 0.259 e. The lowest BCUT2D eigenvalue weighted by Gasteiger charge is -2.29. The predicted octanol–water partition coefficient (Wildman–Crippen LogP) is 5.29.